The van der Waals surface area contributed by atoms with E-state index in [0.717, 1.165) is 0 Å². The van der Waals surface area contributed by atoms with E-state index in [-0.39, 0.29) is 11.6 Å². The molecule has 3 heterocycles. The molecule has 0 aliphatic carbocycles. The molecule has 1 atom stereocenters. The molecule has 4 rings (SSSR count). The molecule has 0 unspecified atom stereocenters. The van der Waals surface area contributed by atoms with Gasteiger partial charge in [0.25, 0.3) is 0 Å². The van der Waals surface area contributed by atoms with Crippen LogP contribution in [0, 0.1) is 11.8 Å². The highest BCUT2D eigenvalue weighted by molar-refractivity contribution is 7.09. The van der Waals surface area contributed by atoms with E-state index in [1.54, 1.807) is 42.8 Å². The second kappa shape index (κ2) is 6.35. The molecule has 0 spiro atoms. The van der Waals surface area contributed by atoms with Crippen LogP contribution in [0.2, 0.25) is 0 Å². The fraction of sp³-hybridized carbons (Fsp3) is 0.111. The van der Waals surface area contributed by atoms with E-state index in [9.17, 15) is 9.90 Å². The smallest absolute Gasteiger partial charge is 0.332 e. The summed E-state index contributed by atoms with van der Waals surface area (Å²) in [6, 6.07) is 6.86. The van der Waals surface area contributed by atoms with Crippen LogP contribution in [0.1, 0.15) is 17.5 Å². The number of H-pyrrole nitrogens is 1. The topological polar surface area (TPSA) is 123 Å². The number of thiazole rings is 1. The molecule has 134 valence electrons. The third-order valence-corrected chi connectivity index (χ3v) is 4.85. The summed E-state index contributed by atoms with van der Waals surface area (Å²) >= 11 is 1.33. The van der Waals surface area contributed by atoms with Crippen LogP contribution in [0.15, 0.2) is 46.8 Å². The number of aromatic nitrogens is 5. The minimum absolute atomic E-state index is 0.0733. The van der Waals surface area contributed by atoms with Crippen molar-refractivity contribution in [3.05, 3.63) is 63.1 Å². The van der Waals surface area contributed by atoms with E-state index in [4.69, 9.17) is 5.73 Å². The second-order valence-corrected chi connectivity index (χ2v) is 6.82. The summed E-state index contributed by atoms with van der Waals surface area (Å²) in [5.74, 6) is 6.21. The van der Waals surface area contributed by atoms with Crippen molar-refractivity contribution >= 4 is 28.3 Å². The Morgan fingerprint density at radius 3 is 2.89 bits per heavy atom. The number of nitrogens with one attached hydrogen (secondary N) is 1. The molecule has 0 amide bonds. The fourth-order valence-corrected chi connectivity index (χ4v) is 3.26. The van der Waals surface area contributed by atoms with Gasteiger partial charge in [0.1, 0.15) is 10.8 Å². The van der Waals surface area contributed by atoms with Crippen LogP contribution in [0.3, 0.4) is 0 Å². The molecule has 0 aliphatic rings. The Morgan fingerprint density at radius 2 is 2.15 bits per heavy atom. The summed E-state index contributed by atoms with van der Waals surface area (Å²) in [5.41, 5.74) is 5.79. The molecule has 8 nitrogen and oxygen atoms in total. The first-order chi connectivity index (χ1) is 12.9. The lowest BCUT2D eigenvalue weighted by atomic mass is 10.1. The Balaban J connectivity index is 1.81. The molecule has 0 radical (unpaired) electrons. The molecule has 3 aromatic heterocycles. The van der Waals surface area contributed by atoms with Gasteiger partial charge in [-0.3, -0.25) is 0 Å². The van der Waals surface area contributed by atoms with Gasteiger partial charge in [-0.2, -0.15) is 4.98 Å². The number of hydrogen-bond acceptors (Lipinski definition) is 7. The van der Waals surface area contributed by atoms with Crippen LogP contribution in [-0.2, 0) is 5.60 Å². The van der Waals surface area contributed by atoms with Gasteiger partial charge in [-0.25, -0.2) is 19.3 Å². The molecule has 27 heavy (non-hydrogen) atoms. The van der Waals surface area contributed by atoms with Crippen LogP contribution in [0.5, 0.6) is 0 Å². The molecule has 4 aromatic rings. The number of anilines is 1. The number of fused-ring (bicyclic) bond motifs is 1. The highest BCUT2D eigenvalue weighted by Gasteiger charge is 2.22. The van der Waals surface area contributed by atoms with Crippen molar-refractivity contribution in [1.29, 1.82) is 0 Å². The van der Waals surface area contributed by atoms with Gasteiger partial charge in [-0.05, 0) is 25.1 Å². The van der Waals surface area contributed by atoms with Crippen LogP contribution in [0.4, 0.5) is 5.95 Å². The first-order valence-electron chi connectivity index (χ1n) is 7.93. The number of hydrogen-bond donors (Lipinski definition) is 3. The van der Waals surface area contributed by atoms with Crippen LogP contribution < -0.4 is 11.4 Å². The number of aromatic amines is 1. The third-order valence-electron chi connectivity index (χ3n) is 3.87. The third kappa shape index (κ3) is 3.19. The summed E-state index contributed by atoms with van der Waals surface area (Å²) in [4.78, 5) is 27.2. The average molecular weight is 378 g/mol. The highest BCUT2D eigenvalue weighted by atomic mass is 32.1. The Labute approximate surface area is 157 Å². The van der Waals surface area contributed by atoms with E-state index in [1.165, 1.54) is 22.1 Å². The number of nitrogens with zero attached hydrogens (tertiary/aromatic N) is 4. The summed E-state index contributed by atoms with van der Waals surface area (Å²) < 4.78 is 1.40. The molecule has 0 fully saturated rings. The predicted octanol–water partition coefficient (Wildman–Crippen LogP) is 1.41. The SMILES string of the molecule is C[C@@](O)(C#Cc1ccc2[nH]c(=O)n(-c3ccnc(N)n3)c2c1)c1nccs1. The number of rotatable bonds is 2. The standard InChI is InChI=1S/C18H14N6O2S/c1-18(26,15-20-8-9-27-15)6-4-11-2-3-12-13(10-11)24(17(25)22-12)14-5-7-21-16(19)23-14/h2-3,5,7-10,26H,1H3,(H,22,25)(H2,19,21,23)/t18-/m1/s1. The van der Waals surface area contributed by atoms with Gasteiger partial charge in [0, 0.05) is 29.4 Å². The first kappa shape index (κ1) is 17.0. The van der Waals surface area contributed by atoms with Crippen molar-refractivity contribution in [3.63, 3.8) is 0 Å². The van der Waals surface area contributed by atoms with Gasteiger partial charge in [0.2, 0.25) is 5.95 Å². The molecular weight excluding hydrogens is 364 g/mol. The molecular formula is C18H14N6O2S. The highest BCUT2D eigenvalue weighted by Crippen LogP contribution is 2.22. The minimum Gasteiger partial charge on any atom is -0.371 e. The largest absolute Gasteiger partial charge is 0.371 e. The summed E-state index contributed by atoms with van der Waals surface area (Å²) in [6.45, 7) is 1.59. The molecule has 9 heteroatoms. The second-order valence-electron chi connectivity index (χ2n) is 5.93. The van der Waals surface area contributed by atoms with Crippen LogP contribution >= 0.6 is 11.3 Å². The Morgan fingerprint density at radius 1 is 1.30 bits per heavy atom. The summed E-state index contributed by atoms with van der Waals surface area (Å²) in [6.07, 6.45) is 3.10. The maximum atomic E-state index is 12.4. The number of nitrogens with two attached hydrogens (primary N) is 1. The zero-order valence-electron chi connectivity index (χ0n) is 14.2. The Kier molecular flexibility index (Phi) is 3.99. The predicted molar refractivity (Wildman–Crippen MR) is 102 cm³/mol. The molecule has 0 saturated heterocycles. The average Bonchev–Trinajstić information content (AvgIpc) is 3.27. The van der Waals surface area contributed by atoms with Crippen molar-refractivity contribution in [1.82, 2.24) is 24.5 Å². The van der Waals surface area contributed by atoms with E-state index in [0.29, 0.717) is 27.4 Å². The lowest BCUT2D eigenvalue weighted by molar-refractivity contribution is 0.122. The van der Waals surface area contributed by atoms with Gasteiger partial charge in [-0.15, -0.1) is 11.3 Å². The fourth-order valence-electron chi connectivity index (χ4n) is 2.61. The zero-order chi connectivity index (χ0) is 19.0. The summed E-state index contributed by atoms with van der Waals surface area (Å²) in [5, 5.41) is 12.8. The van der Waals surface area contributed by atoms with Crippen molar-refractivity contribution < 1.29 is 5.11 Å². The normalized spacial score (nSPS) is 13.1. The van der Waals surface area contributed by atoms with Gasteiger partial charge in [0.15, 0.2) is 5.60 Å². The van der Waals surface area contributed by atoms with E-state index in [1.807, 2.05) is 0 Å². The van der Waals surface area contributed by atoms with Crippen molar-refractivity contribution in [2.45, 2.75) is 12.5 Å². The molecule has 0 aliphatic heterocycles. The quantitative estimate of drug-likeness (QED) is 0.453. The number of benzene rings is 1. The van der Waals surface area contributed by atoms with Crippen molar-refractivity contribution in [3.8, 4) is 17.7 Å². The molecule has 0 bridgehead atoms. The van der Waals surface area contributed by atoms with Crippen LogP contribution in [0.25, 0.3) is 16.9 Å². The maximum Gasteiger partial charge on any atom is 0.332 e. The lowest BCUT2D eigenvalue weighted by Gasteiger charge is -2.11. The number of aliphatic hydroxyl groups is 1. The Hall–Kier alpha value is -3.48. The number of imidazole rings is 1. The van der Waals surface area contributed by atoms with E-state index in [2.05, 4.69) is 31.8 Å². The maximum absolute atomic E-state index is 12.4. The Bertz CT molecular complexity index is 1240. The zero-order valence-corrected chi connectivity index (χ0v) is 15.0. The molecule has 0 saturated carbocycles. The van der Waals surface area contributed by atoms with Gasteiger partial charge in [-0.1, -0.05) is 11.8 Å². The molecule has 4 N–H and O–H groups in total. The minimum atomic E-state index is -1.36. The van der Waals surface area contributed by atoms with Gasteiger partial charge < -0.3 is 15.8 Å². The monoisotopic (exact) mass is 378 g/mol. The van der Waals surface area contributed by atoms with Crippen molar-refractivity contribution in [2.24, 2.45) is 0 Å². The molecule has 1 aromatic carbocycles. The summed E-state index contributed by atoms with van der Waals surface area (Å²) in [7, 11) is 0. The number of nitrogen functional groups attached to an aromatic ring is 1. The van der Waals surface area contributed by atoms with E-state index >= 15 is 0 Å². The van der Waals surface area contributed by atoms with Gasteiger partial charge in [0.05, 0.1) is 11.0 Å². The van der Waals surface area contributed by atoms with Crippen molar-refractivity contribution in [2.75, 3.05) is 5.73 Å². The van der Waals surface area contributed by atoms with E-state index < -0.39 is 5.60 Å². The lowest BCUT2D eigenvalue weighted by Crippen LogP contribution is -2.18. The van der Waals surface area contributed by atoms with Gasteiger partial charge >= 0.3 is 5.69 Å². The first-order valence-corrected chi connectivity index (χ1v) is 8.81. The van der Waals surface area contributed by atoms with Crippen LogP contribution in [-0.4, -0.2) is 29.6 Å².